The molecule has 29 heavy (non-hydrogen) atoms. The molecule has 0 bridgehead atoms. The van der Waals surface area contributed by atoms with Gasteiger partial charge in [-0.1, -0.05) is 24.3 Å². The van der Waals surface area contributed by atoms with E-state index < -0.39 is 5.69 Å². The number of H-pyrrole nitrogens is 1. The van der Waals surface area contributed by atoms with E-state index in [1.807, 2.05) is 18.2 Å². The minimum Gasteiger partial charge on any atom is -0.368 e. The zero-order valence-electron chi connectivity index (χ0n) is 16.0. The van der Waals surface area contributed by atoms with Crippen LogP contribution in [0.25, 0.3) is 10.9 Å². The molecule has 2 aromatic carbocycles. The highest BCUT2D eigenvalue weighted by molar-refractivity contribution is 5.97. The lowest BCUT2D eigenvalue weighted by atomic mass is 10.1. The first-order chi connectivity index (χ1) is 14.1. The smallest absolute Gasteiger partial charge is 0.329 e. The number of allylic oxidation sites excluding steroid dienone is 1. The van der Waals surface area contributed by atoms with Gasteiger partial charge in [-0.15, -0.1) is 6.58 Å². The van der Waals surface area contributed by atoms with E-state index in [9.17, 15) is 14.4 Å². The third-order valence-corrected chi connectivity index (χ3v) is 5.23. The molecule has 0 radical (unpaired) electrons. The summed E-state index contributed by atoms with van der Waals surface area (Å²) in [5, 5.41) is 0.372. The monoisotopic (exact) mass is 390 g/mol. The Morgan fingerprint density at radius 3 is 2.45 bits per heavy atom. The van der Waals surface area contributed by atoms with Gasteiger partial charge in [0, 0.05) is 44.0 Å². The molecule has 7 nitrogen and oxygen atoms in total. The van der Waals surface area contributed by atoms with Crippen LogP contribution >= 0.6 is 0 Å². The molecule has 2 heterocycles. The van der Waals surface area contributed by atoms with Crippen molar-refractivity contribution in [1.29, 1.82) is 0 Å². The summed E-state index contributed by atoms with van der Waals surface area (Å²) < 4.78 is 1.08. The Hall–Kier alpha value is -3.61. The summed E-state index contributed by atoms with van der Waals surface area (Å²) in [6.07, 6.45) is 1.50. The number of carbonyl (C=O) groups excluding carboxylic acids is 1. The number of aromatic nitrogens is 2. The summed E-state index contributed by atoms with van der Waals surface area (Å²) in [5.41, 5.74) is 1.08. The third-order valence-electron chi connectivity index (χ3n) is 5.23. The van der Waals surface area contributed by atoms with Gasteiger partial charge < -0.3 is 14.8 Å². The fraction of sp³-hybridized carbons (Fsp3) is 0.227. The summed E-state index contributed by atoms with van der Waals surface area (Å²) in [6, 6.07) is 15.0. The molecule has 0 spiro atoms. The van der Waals surface area contributed by atoms with Crippen molar-refractivity contribution in [3.05, 3.63) is 87.6 Å². The zero-order chi connectivity index (χ0) is 20.4. The quantitative estimate of drug-likeness (QED) is 0.690. The van der Waals surface area contributed by atoms with Crippen LogP contribution in [0.5, 0.6) is 0 Å². The molecule has 1 aliphatic heterocycles. The molecule has 1 N–H and O–H groups in total. The van der Waals surface area contributed by atoms with Gasteiger partial charge in [-0.05, 0) is 30.3 Å². The lowest BCUT2D eigenvalue weighted by Gasteiger charge is -2.36. The van der Waals surface area contributed by atoms with Crippen LogP contribution < -0.4 is 16.1 Å². The molecule has 1 aliphatic rings. The molecular formula is C22H22N4O3. The highest BCUT2D eigenvalue weighted by Gasteiger charge is 2.22. The Morgan fingerprint density at radius 1 is 1.03 bits per heavy atom. The topological polar surface area (TPSA) is 78.4 Å². The molecule has 0 saturated carbocycles. The molecule has 1 amide bonds. The molecule has 7 heteroatoms. The van der Waals surface area contributed by atoms with Crippen LogP contribution in [0.3, 0.4) is 0 Å². The van der Waals surface area contributed by atoms with E-state index in [1.165, 1.54) is 6.08 Å². The van der Waals surface area contributed by atoms with Gasteiger partial charge in [-0.3, -0.25) is 14.2 Å². The highest BCUT2D eigenvalue weighted by Crippen LogP contribution is 2.18. The number of amides is 1. The van der Waals surface area contributed by atoms with Crippen molar-refractivity contribution in [2.24, 2.45) is 0 Å². The Bertz CT molecular complexity index is 1170. The van der Waals surface area contributed by atoms with Crippen molar-refractivity contribution in [2.75, 3.05) is 31.1 Å². The third kappa shape index (κ3) is 3.59. The molecular weight excluding hydrogens is 368 g/mol. The molecule has 3 aromatic rings. The van der Waals surface area contributed by atoms with Crippen molar-refractivity contribution in [2.45, 2.75) is 6.54 Å². The van der Waals surface area contributed by atoms with E-state index in [0.29, 0.717) is 29.6 Å². The van der Waals surface area contributed by atoms with E-state index in [2.05, 4.69) is 28.6 Å². The van der Waals surface area contributed by atoms with Gasteiger partial charge in [0.1, 0.15) is 0 Å². The summed E-state index contributed by atoms with van der Waals surface area (Å²) in [7, 11) is 0. The molecule has 0 aliphatic carbocycles. The average molecular weight is 390 g/mol. The van der Waals surface area contributed by atoms with E-state index in [4.69, 9.17) is 0 Å². The summed E-state index contributed by atoms with van der Waals surface area (Å²) in [5.74, 6) is -0.101. The molecule has 0 atom stereocenters. The van der Waals surface area contributed by atoms with E-state index in [1.54, 1.807) is 23.1 Å². The van der Waals surface area contributed by atoms with Gasteiger partial charge in [0.05, 0.1) is 10.9 Å². The number of nitrogens with zero attached hydrogens (tertiary/aromatic N) is 3. The Morgan fingerprint density at radius 2 is 1.76 bits per heavy atom. The maximum Gasteiger partial charge on any atom is 0.329 e. The number of rotatable bonds is 4. The molecule has 1 aromatic heterocycles. The summed E-state index contributed by atoms with van der Waals surface area (Å²) >= 11 is 0. The minimum atomic E-state index is -0.511. The number of fused-ring (bicyclic) bond motifs is 1. The SMILES string of the molecule is C=CCn1c(=O)[nH]c2cc(C(=O)N3CCN(c4ccccc4)CC3)ccc2c1=O. The van der Waals surface area contributed by atoms with Gasteiger partial charge in [0.25, 0.3) is 11.5 Å². The van der Waals surface area contributed by atoms with Crippen molar-refractivity contribution in [3.63, 3.8) is 0 Å². The number of para-hydroxylation sites is 1. The molecule has 1 saturated heterocycles. The van der Waals surface area contributed by atoms with Gasteiger partial charge in [-0.25, -0.2) is 4.79 Å². The second-order valence-electron chi connectivity index (χ2n) is 7.01. The first-order valence-corrected chi connectivity index (χ1v) is 9.55. The normalized spacial score (nSPS) is 14.2. The molecule has 0 unspecified atom stereocenters. The number of anilines is 1. The fourth-order valence-corrected chi connectivity index (χ4v) is 3.67. The van der Waals surface area contributed by atoms with Gasteiger partial charge in [0.2, 0.25) is 0 Å². The second-order valence-corrected chi connectivity index (χ2v) is 7.01. The Kier molecular flexibility index (Phi) is 5.03. The Labute approximate surface area is 167 Å². The largest absolute Gasteiger partial charge is 0.368 e. The highest BCUT2D eigenvalue weighted by atomic mass is 16.2. The number of hydrogen-bond donors (Lipinski definition) is 1. The first kappa shape index (κ1) is 18.7. The maximum atomic E-state index is 12.9. The number of hydrogen-bond acceptors (Lipinski definition) is 4. The van der Waals surface area contributed by atoms with Crippen LogP contribution in [0.2, 0.25) is 0 Å². The summed E-state index contributed by atoms with van der Waals surface area (Å²) in [4.78, 5) is 44.3. The standard InChI is InChI=1S/C22H22N4O3/c1-2-10-26-21(28)18-9-8-16(15-19(18)23-22(26)29)20(27)25-13-11-24(12-14-25)17-6-4-3-5-7-17/h2-9,15H,1,10-14H2,(H,23,29). The molecule has 4 rings (SSSR count). The summed E-state index contributed by atoms with van der Waals surface area (Å²) in [6.45, 7) is 6.44. The van der Waals surface area contributed by atoms with Gasteiger partial charge in [-0.2, -0.15) is 0 Å². The van der Waals surface area contributed by atoms with Crippen LogP contribution in [-0.4, -0.2) is 46.5 Å². The number of piperazine rings is 1. The minimum absolute atomic E-state index is 0.101. The van der Waals surface area contributed by atoms with Crippen molar-refractivity contribution < 1.29 is 4.79 Å². The van der Waals surface area contributed by atoms with Crippen LogP contribution in [0.15, 0.2) is 70.8 Å². The lowest BCUT2D eigenvalue weighted by Crippen LogP contribution is -2.48. The molecule has 148 valence electrons. The van der Waals surface area contributed by atoms with Gasteiger partial charge in [0.15, 0.2) is 0 Å². The Balaban J connectivity index is 1.55. The van der Waals surface area contributed by atoms with Crippen molar-refractivity contribution in [3.8, 4) is 0 Å². The molecule has 1 fully saturated rings. The zero-order valence-corrected chi connectivity index (χ0v) is 16.0. The number of nitrogens with one attached hydrogen (secondary N) is 1. The van der Waals surface area contributed by atoms with Crippen LogP contribution in [0.4, 0.5) is 5.69 Å². The van der Waals surface area contributed by atoms with E-state index in [-0.39, 0.29) is 18.0 Å². The predicted octanol–water partition coefficient (Wildman–Crippen LogP) is 1.84. The second kappa shape index (κ2) is 7.79. The van der Waals surface area contributed by atoms with Crippen LogP contribution in [-0.2, 0) is 6.54 Å². The average Bonchev–Trinajstić information content (AvgIpc) is 2.76. The first-order valence-electron chi connectivity index (χ1n) is 9.55. The van der Waals surface area contributed by atoms with Crippen molar-refractivity contribution >= 4 is 22.5 Å². The van der Waals surface area contributed by atoms with Crippen LogP contribution in [0, 0.1) is 0 Å². The van der Waals surface area contributed by atoms with E-state index in [0.717, 1.165) is 23.3 Å². The number of aromatic amines is 1. The van der Waals surface area contributed by atoms with E-state index >= 15 is 0 Å². The van der Waals surface area contributed by atoms with Gasteiger partial charge >= 0.3 is 5.69 Å². The van der Waals surface area contributed by atoms with Crippen LogP contribution in [0.1, 0.15) is 10.4 Å². The van der Waals surface area contributed by atoms with Crippen molar-refractivity contribution in [1.82, 2.24) is 14.5 Å². The fourth-order valence-electron chi connectivity index (χ4n) is 3.67. The number of benzene rings is 2. The maximum absolute atomic E-state index is 12.9. The number of carbonyl (C=O) groups is 1. The lowest BCUT2D eigenvalue weighted by molar-refractivity contribution is 0.0747. The predicted molar refractivity (Wildman–Crippen MR) is 114 cm³/mol.